The first-order valence-electron chi connectivity index (χ1n) is 9.76. The number of halogens is 3. The Balaban J connectivity index is 1.75. The molecule has 2 aromatic rings. The number of amides is 1. The Hall–Kier alpha value is -2.76. The first-order valence-corrected chi connectivity index (χ1v) is 9.76. The molecule has 0 radical (unpaired) electrons. The highest BCUT2D eigenvalue weighted by Crippen LogP contribution is 2.42. The molecule has 2 aromatic carbocycles. The van der Waals surface area contributed by atoms with Gasteiger partial charge in [0.15, 0.2) is 0 Å². The van der Waals surface area contributed by atoms with Gasteiger partial charge in [-0.2, -0.15) is 13.2 Å². The van der Waals surface area contributed by atoms with Crippen molar-refractivity contribution in [1.82, 2.24) is 5.32 Å². The first-order chi connectivity index (χ1) is 13.7. The molecule has 1 saturated carbocycles. The van der Waals surface area contributed by atoms with E-state index in [1.807, 2.05) is 19.1 Å². The van der Waals surface area contributed by atoms with Crippen LogP contribution in [0.25, 0.3) is 16.7 Å². The van der Waals surface area contributed by atoms with Crippen molar-refractivity contribution >= 4 is 11.5 Å². The average Bonchev–Trinajstić information content (AvgIpc) is 2.92. The predicted octanol–water partition coefficient (Wildman–Crippen LogP) is 5.78. The van der Waals surface area contributed by atoms with E-state index < -0.39 is 17.3 Å². The van der Waals surface area contributed by atoms with Gasteiger partial charge in [-0.1, -0.05) is 43.5 Å². The molecule has 152 valence electrons. The second-order valence-electron chi connectivity index (χ2n) is 7.93. The van der Waals surface area contributed by atoms with Gasteiger partial charge in [-0.15, -0.1) is 0 Å². The normalized spacial score (nSPS) is 19.0. The summed E-state index contributed by atoms with van der Waals surface area (Å²) in [6.45, 7) is 1.85. The van der Waals surface area contributed by atoms with Crippen molar-refractivity contribution in [3.8, 4) is 11.1 Å². The highest BCUT2D eigenvalue weighted by Gasteiger charge is 2.46. The second-order valence-corrected chi connectivity index (χ2v) is 7.93. The van der Waals surface area contributed by atoms with Gasteiger partial charge in [-0.05, 0) is 60.2 Å². The maximum absolute atomic E-state index is 12.8. The molecule has 0 aromatic heterocycles. The van der Waals surface area contributed by atoms with Crippen LogP contribution in [0, 0.1) is 6.92 Å². The molecule has 1 aliphatic carbocycles. The van der Waals surface area contributed by atoms with Crippen LogP contribution in [0.5, 0.6) is 0 Å². The molecule has 3 nitrogen and oxygen atoms in total. The van der Waals surface area contributed by atoms with E-state index in [-0.39, 0.29) is 17.2 Å². The Bertz CT molecular complexity index is 984. The van der Waals surface area contributed by atoms with E-state index >= 15 is 0 Å². The summed E-state index contributed by atoms with van der Waals surface area (Å²) in [5, 5.41) is 14.0. The smallest absolute Gasteiger partial charge is 0.416 e. The van der Waals surface area contributed by atoms with Crippen LogP contribution in [0.2, 0.25) is 0 Å². The molecular weight excluding hydrogens is 379 g/mol. The van der Waals surface area contributed by atoms with Crippen LogP contribution in [0.1, 0.15) is 48.8 Å². The molecule has 1 spiro atoms. The van der Waals surface area contributed by atoms with Gasteiger partial charge < -0.3 is 10.4 Å². The number of rotatable bonds is 2. The van der Waals surface area contributed by atoms with Gasteiger partial charge in [0.05, 0.1) is 16.7 Å². The van der Waals surface area contributed by atoms with E-state index in [0.29, 0.717) is 29.5 Å². The minimum atomic E-state index is -4.39. The fourth-order valence-electron chi connectivity index (χ4n) is 4.38. The van der Waals surface area contributed by atoms with Crippen LogP contribution >= 0.6 is 0 Å². The zero-order valence-corrected chi connectivity index (χ0v) is 16.1. The highest BCUT2D eigenvalue weighted by molar-refractivity contribution is 6.23. The summed E-state index contributed by atoms with van der Waals surface area (Å²) in [7, 11) is 0. The van der Waals surface area contributed by atoms with Gasteiger partial charge in [-0.25, -0.2) is 0 Å². The number of hydrogen-bond acceptors (Lipinski definition) is 2. The second kappa shape index (κ2) is 6.94. The van der Waals surface area contributed by atoms with Gasteiger partial charge in [0.2, 0.25) is 0 Å². The van der Waals surface area contributed by atoms with Gasteiger partial charge in [0, 0.05) is 0 Å². The van der Waals surface area contributed by atoms with Crippen molar-refractivity contribution in [2.24, 2.45) is 0 Å². The summed E-state index contributed by atoms with van der Waals surface area (Å²) in [6, 6.07) is 10.3. The third-order valence-corrected chi connectivity index (χ3v) is 6.03. The average molecular weight is 401 g/mol. The number of aliphatic hydroxyl groups is 1. The molecule has 1 fully saturated rings. The lowest BCUT2D eigenvalue weighted by Gasteiger charge is -2.33. The summed E-state index contributed by atoms with van der Waals surface area (Å²) >= 11 is 0. The lowest BCUT2D eigenvalue weighted by Crippen LogP contribution is -2.46. The van der Waals surface area contributed by atoms with Gasteiger partial charge in [-0.3, -0.25) is 4.79 Å². The third kappa shape index (κ3) is 3.41. The number of alkyl halides is 3. The number of aryl methyl sites for hydroxylation is 1. The van der Waals surface area contributed by atoms with Crippen LogP contribution in [0.15, 0.2) is 48.2 Å². The Kier molecular flexibility index (Phi) is 4.68. The molecular formula is C23H22F3NO2. The molecule has 29 heavy (non-hydrogen) atoms. The predicted molar refractivity (Wildman–Crippen MR) is 105 cm³/mol. The van der Waals surface area contributed by atoms with Gasteiger partial charge >= 0.3 is 6.18 Å². The molecule has 2 N–H and O–H groups in total. The summed E-state index contributed by atoms with van der Waals surface area (Å²) in [4.78, 5) is 12.8. The molecule has 0 atom stereocenters. The molecule has 1 heterocycles. The van der Waals surface area contributed by atoms with E-state index in [9.17, 15) is 23.1 Å². The summed E-state index contributed by atoms with van der Waals surface area (Å²) in [5.41, 5.74) is 1.63. The van der Waals surface area contributed by atoms with Crippen LogP contribution in [-0.4, -0.2) is 16.6 Å². The van der Waals surface area contributed by atoms with Crippen molar-refractivity contribution in [3.63, 3.8) is 0 Å². The van der Waals surface area contributed by atoms with E-state index in [1.165, 1.54) is 12.1 Å². The Morgan fingerprint density at radius 1 is 0.966 bits per heavy atom. The minimum absolute atomic E-state index is 0.0925. The fraction of sp³-hybridized carbons (Fsp3) is 0.348. The summed E-state index contributed by atoms with van der Waals surface area (Å²) < 4.78 is 38.5. The quantitative estimate of drug-likeness (QED) is 0.670. The van der Waals surface area contributed by atoms with Crippen molar-refractivity contribution in [3.05, 3.63) is 64.9 Å². The third-order valence-electron chi connectivity index (χ3n) is 6.03. The number of nitrogens with one attached hydrogen (secondary N) is 1. The van der Waals surface area contributed by atoms with Crippen LogP contribution in [0.3, 0.4) is 0 Å². The number of benzene rings is 2. The largest absolute Gasteiger partial charge is 0.509 e. The van der Waals surface area contributed by atoms with Crippen molar-refractivity contribution in [1.29, 1.82) is 0 Å². The topological polar surface area (TPSA) is 49.3 Å². The zero-order chi connectivity index (χ0) is 20.8. The minimum Gasteiger partial charge on any atom is -0.509 e. The Labute approximate surface area is 167 Å². The van der Waals surface area contributed by atoms with Crippen LogP contribution < -0.4 is 5.32 Å². The van der Waals surface area contributed by atoms with Gasteiger partial charge in [0.25, 0.3) is 5.91 Å². The monoisotopic (exact) mass is 401 g/mol. The first kappa shape index (κ1) is 19.6. The number of carbonyl (C=O) groups is 1. The Morgan fingerprint density at radius 3 is 2.21 bits per heavy atom. The standard InChI is InChI=1S/C23H22F3NO2/c1-14-5-6-16(15-7-9-17(10-8-15)23(24,25)26)13-18(14)19-20(28)22(27-21(19)29)11-3-2-4-12-22/h5-10,13,28H,2-4,11-12H2,1H3,(H,27,29). The molecule has 1 aliphatic heterocycles. The summed E-state index contributed by atoms with van der Waals surface area (Å²) in [5.74, 6) is -0.202. The maximum atomic E-state index is 12.8. The van der Waals surface area contributed by atoms with Crippen LogP contribution in [0.4, 0.5) is 13.2 Å². The zero-order valence-electron chi connectivity index (χ0n) is 16.1. The van der Waals surface area contributed by atoms with E-state index in [2.05, 4.69) is 5.32 Å². The lowest BCUT2D eigenvalue weighted by molar-refractivity contribution is -0.137. The molecule has 1 amide bonds. The van der Waals surface area contributed by atoms with Crippen molar-refractivity contribution < 1.29 is 23.1 Å². The van der Waals surface area contributed by atoms with E-state index in [0.717, 1.165) is 37.0 Å². The number of hydrogen-bond donors (Lipinski definition) is 2. The molecule has 4 rings (SSSR count). The molecule has 0 saturated heterocycles. The van der Waals surface area contributed by atoms with E-state index in [4.69, 9.17) is 0 Å². The fourth-order valence-corrected chi connectivity index (χ4v) is 4.38. The molecule has 2 aliphatic rings. The molecule has 0 unspecified atom stereocenters. The SMILES string of the molecule is Cc1ccc(-c2ccc(C(F)(F)F)cc2)cc1C1=C(O)C2(CCCCC2)NC1=O. The van der Waals surface area contributed by atoms with Crippen LogP contribution in [-0.2, 0) is 11.0 Å². The highest BCUT2D eigenvalue weighted by atomic mass is 19.4. The van der Waals surface area contributed by atoms with E-state index in [1.54, 1.807) is 6.07 Å². The number of carbonyl (C=O) groups excluding carboxylic acids is 1. The lowest BCUT2D eigenvalue weighted by atomic mass is 9.80. The summed E-state index contributed by atoms with van der Waals surface area (Å²) in [6.07, 6.45) is 0.0221. The van der Waals surface area contributed by atoms with Crippen molar-refractivity contribution in [2.75, 3.05) is 0 Å². The van der Waals surface area contributed by atoms with Gasteiger partial charge in [0.1, 0.15) is 5.76 Å². The number of aliphatic hydroxyl groups excluding tert-OH is 1. The molecule has 6 heteroatoms. The molecule has 0 bridgehead atoms. The maximum Gasteiger partial charge on any atom is 0.416 e. The Morgan fingerprint density at radius 2 is 1.59 bits per heavy atom. The van der Waals surface area contributed by atoms with Crippen molar-refractivity contribution in [2.45, 2.75) is 50.7 Å².